The molecule has 3 aromatic rings. The fourth-order valence-corrected chi connectivity index (χ4v) is 5.47. The molecule has 3 amide bonds. The average molecular weight is 516 g/mol. The van der Waals surface area contributed by atoms with Crippen molar-refractivity contribution in [2.45, 2.75) is 64.5 Å². The van der Waals surface area contributed by atoms with Gasteiger partial charge in [0, 0.05) is 30.4 Å². The number of nitrogens with one attached hydrogen (secondary N) is 2. The molecule has 0 spiro atoms. The molecule has 0 heterocycles. The monoisotopic (exact) mass is 515 g/mol. The molecular formula is C31H37N3O4. The predicted molar refractivity (Wildman–Crippen MR) is 150 cm³/mol. The smallest absolute Gasteiger partial charge is 0.322 e. The van der Waals surface area contributed by atoms with Crippen molar-refractivity contribution in [3.63, 3.8) is 0 Å². The van der Waals surface area contributed by atoms with Crippen LogP contribution in [0.3, 0.4) is 0 Å². The van der Waals surface area contributed by atoms with Crippen molar-refractivity contribution in [3.8, 4) is 0 Å². The zero-order valence-electron chi connectivity index (χ0n) is 22.0. The molecular weight excluding hydrogens is 478 g/mol. The molecule has 1 aliphatic carbocycles. The minimum absolute atomic E-state index is 0.0816. The maximum Gasteiger partial charge on any atom is 0.322 e. The summed E-state index contributed by atoms with van der Waals surface area (Å²) in [5, 5.41) is 16.7. The van der Waals surface area contributed by atoms with Crippen molar-refractivity contribution in [1.29, 1.82) is 0 Å². The molecule has 3 aromatic carbocycles. The third kappa shape index (κ3) is 7.12. The van der Waals surface area contributed by atoms with Crippen LogP contribution in [0.15, 0.2) is 66.7 Å². The molecule has 1 fully saturated rings. The second-order valence-electron chi connectivity index (χ2n) is 10.1. The van der Waals surface area contributed by atoms with Crippen LogP contribution in [-0.4, -0.2) is 40.5 Å². The van der Waals surface area contributed by atoms with Gasteiger partial charge in [-0.25, -0.2) is 4.79 Å². The minimum atomic E-state index is -0.953. The summed E-state index contributed by atoms with van der Waals surface area (Å²) in [7, 11) is 0. The first-order valence-corrected chi connectivity index (χ1v) is 13.6. The summed E-state index contributed by atoms with van der Waals surface area (Å²) in [6.45, 7) is 2.67. The molecule has 0 radical (unpaired) electrons. The topological polar surface area (TPSA) is 98.7 Å². The molecule has 0 unspecified atom stereocenters. The lowest BCUT2D eigenvalue weighted by Crippen LogP contribution is -2.46. The van der Waals surface area contributed by atoms with E-state index in [0.717, 1.165) is 41.3 Å². The summed E-state index contributed by atoms with van der Waals surface area (Å²) in [5.41, 5.74) is 2.17. The Balaban J connectivity index is 1.51. The summed E-state index contributed by atoms with van der Waals surface area (Å²) < 4.78 is 0. The molecule has 7 heteroatoms. The van der Waals surface area contributed by atoms with Crippen molar-refractivity contribution in [3.05, 3.63) is 77.9 Å². The van der Waals surface area contributed by atoms with Gasteiger partial charge in [-0.3, -0.25) is 9.59 Å². The Morgan fingerprint density at radius 1 is 0.947 bits per heavy atom. The second-order valence-corrected chi connectivity index (χ2v) is 10.1. The molecule has 1 aliphatic rings. The number of rotatable bonds is 10. The van der Waals surface area contributed by atoms with Gasteiger partial charge >= 0.3 is 12.0 Å². The van der Waals surface area contributed by atoms with Crippen LogP contribution in [-0.2, 0) is 11.3 Å². The highest BCUT2D eigenvalue weighted by molar-refractivity contribution is 5.95. The fourth-order valence-electron chi connectivity index (χ4n) is 5.47. The third-order valence-electron chi connectivity index (χ3n) is 7.47. The molecule has 0 bridgehead atoms. The Kier molecular flexibility index (Phi) is 9.35. The van der Waals surface area contributed by atoms with E-state index < -0.39 is 5.97 Å². The number of amides is 3. The van der Waals surface area contributed by atoms with Gasteiger partial charge in [-0.05, 0) is 65.8 Å². The second kappa shape index (κ2) is 13.1. The number of fused-ring (bicyclic) bond motifs is 1. The molecule has 1 atom stereocenters. The van der Waals surface area contributed by atoms with Crippen LogP contribution < -0.4 is 10.6 Å². The number of carboxylic acid groups (broad SMARTS) is 1. The molecule has 0 aromatic heterocycles. The van der Waals surface area contributed by atoms with Crippen molar-refractivity contribution in [1.82, 2.24) is 10.2 Å². The lowest BCUT2D eigenvalue weighted by Gasteiger charge is -2.38. The van der Waals surface area contributed by atoms with Crippen LogP contribution in [0.2, 0.25) is 0 Å². The molecule has 38 heavy (non-hydrogen) atoms. The first-order valence-electron chi connectivity index (χ1n) is 13.6. The van der Waals surface area contributed by atoms with Crippen LogP contribution in [0, 0.1) is 5.92 Å². The maximum atomic E-state index is 13.7. The van der Waals surface area contributed by atoms with E-state index in [1.165, 1.54) is 19.3 Å². The quantitative estimate of drug-likeness (QED) is 0.289. The predicted octanol–water partition coefficient (Wildman–Crippen LogP) is 6.44. The summed E-state index contributed by atoms with van der Waals surface area (Å²) >= 11 is 0. The number of anilines is 1. The van der Waals surface area contributed by atoms with Gasteiger partial charge < -0.3 is 20.6 Å². The summed E-state index contributed by atoms with van der Waals surface area (Å²) in [5.74, 6) is -0.793. The van der Waals surface area contributed by atoms with Crippen LogP contribution in [0.4, 0.5) is 10.5 Å². The van der Waals surface area contributed by atoms with E-state index in [9.17, 15) is 14.4 Å². The molecule has 0 saturated heterocycles. The molecule has 1 saturated carbocycles. The van der Waals surface area contributed by atoms with Crippen LogP contribution in [0.1, 0.15) is 67.8 Å². The van der Waals surface area contributed by atoms with Gasteiger partial charge in [-0.15, -0.1) is 0 Å². The average Bonchev–Trinajstić information content (AvgIpc) is 2.93. The number of hydrogen-bond donors (Lipinski definition) is 3. The Bertz CT molecular complexity index is 1250. The van der Waals surface area contributed by atoms with E-state index in [1.54, 1.807) is 12.1 Å². The maximum absolute atomic E-state index is 13.7. The van der Waals surface area contributed by atoms with Gasteiger partial charge in [0.25, 0.3) is 5.91 Å². The normalized spacial score (nSPS) is 14.6. The number of nitrogens with zero attached hydrogens (tertiary/aromatic N) is 1. The Morgan fingerprint density at radius 2 is 1.66 bits per heavy atom. The van der Waals surface area contributed by atoms with Crippen molar-refractivity contribution >= 4 is 34.4 Å². The van der Waals surface area contributed by atoms with E-state index in [1.807, 2.05) is 53.4 Å². The minimum Gasteiger partial charge on any atom is -0.481 e. The third-order valence-corrected chi connectivity index (χ3v) is 7.47. The van der Waals surface area contributed by atoms with Crippen LogP contribution >= 0.6 is 0 Å². The van der Waals surface area contributed by atoms with Crippen molar-refractivity contribution in [2.75, 3.05) is 11.9 Å². The largest absolute Gasteiger partial charge is 0.481 e. The van der Waals surface area contributed by atoms with E-state index in [4.69, 9.17) is 5.11 Å². The van der Waals surface area contributed by atoms with E-state index in [0.29, 0.717) is 18.0 Å². The van der Waals surface area contributed by atoms with Crippen molar-refractivity contribution < 1.29 is 19.5 Å². The Hall–Kier alpha value is -3.87. The standard InChI is InChI=1S/C31H37N3O4/c1-2-28(24-9-4-3-5-10-24)34(31(38)33-27-17-16-23-8-6-7-11-26(23)20-27)21-22-12-14-25(15-13-22)30(37)32-19-18-29(35)36/h6-8,11-17,20,24,28H,2-5,9-10,18-19,21H2,1H3,(H,32,37)(H,33,38)(H,35,36)/t28-/m0/s1. The number of benzene rings is 3. The lowest BCUT2D eigenvalue weighted by molar-refractivity contribution is -0.136. The van der Waals surface area contributed by atoms with Gasteiger partial charge in [-0.2, -0.15) is 0 Å². The number of hydrogen-bond acceptors (Lipinski definition) is 3. The zero-order chi connectivity index (χ0) is 26.9. The number of carbonyl (C=O) groups is 3. The Labute approximate surface area is 224 Å². The van der Waals surface area contributed by atoms with Crippen molar-refractivity contribution in [2.24, 2.45) is 5.92 Å². The first-order chi connectivity index (χ1) is 18.4. The van der Waals surface area contributed by atoms with Gasteiger partial charge in [0.05, 0.1) is 6.42 Å². The molecule has 7 nitrogen and oxygen atoms in total. The molecule has 4 rings (SSSR count). The number of carboxylic acids is 1. The van der Waals surface area contributed by atoms with E-state index >= 15 is 0 Å². The van der Waals surface area contributed by atoms with Gasteiger partial charge in [0.15, 0.2) is 0 Å². The molecule has 200 valence electrons. The van der Waals surface area contributed by atoms with Gasteiger partial charge in [0.2, 0.25) is 0 Å². The van der Waals surface area contributed by atoms with Gasteiger partial charge in [-0.1, -0.05) is 68.7 Å². The Morgan fingerprint density at radius 3 is 2.34 bits per heavy atom. The highest BCUT2D eigenvalue weighted by Gasteiger charge is 2.31. The van der Waals surface area contributed by atoms with E-state index in [2.05, 4.69) is 23.6 Å². The van der Waals surface area contributed by atoms with E-state index in [-0.39, 0.29) is 30.9 Å². The fraction of sp³-hybridized carbons (Fsp3) is 0.387. The van der Waals surface area contributed by atoms with Crippen LogP contribution in [0.25, 0.3) is 10.8 Å². The highest BCUT2D eigenvalue weighted by atomic mass is 16.4. The summed E-state index contributed by atoms with van der Waals surface area (Å²) in [4.78, 5) is 38.8. The highest BCUT2D eigenvalue weighted by Crippen LogP contribution is 2.32. The first kappa shape index (κ1) is 27.2. The van der Waals surface area contributed by atoms with Gasteiger partial charge in [0.1, 0.15) is 0 Å². The zero-order valence-corrected chi connectivity index (χ0v) is 22.0. The summed E-state index contributed by atoms with van der Waals surface area (Å²) in [6.07, 6.45) is 6.68. The summed E-state index contributed by atoms with van der Waals surface area (Å²) in [6, 6.07) is 21.3. The number of urea groups is 1. The molecule has 3 N–H and O–H groups in total. The van der Waals surface area contributed by atoms with Crippen LogP contribution in [0.5, 0.6) is 0 Å². The number of aliphatic carboxylic acids is 1. The molecule has 0 aliphatic heterocycles. The number of carbonyl (C=O) groups excluding carboxylic acids is 2. The SMILES string of the molecule is CC[C@@H](C1CCCCC1)N(Cc1ccc(C(=O)NCCC(=O)O)cc1)C(=O)Nc1ccc2ccccc2c1. The lowest BCUT2D eigenvalue weighted by atomic mass is 9.82.